The average Bonchev–Trinajstić information content (AvgIpc) is 3.08. The monoisotopic (exact) mass is 317 g/mol. The Morgan fingerprint density at radius 3 is 2.52 bits per heavy atom. The van der Waals surface area contributed by atoms with E-state index in [4.69, 9.17) is 0 Å². The molecule has 2 rings (SSSR count). The number of nitrogens with one attached hydrogen (secondary N) is 3. The number of carbonyl (C=O) groups is 1. The first-order valence-electron chi connectivity index (χ1n) is 8.40. The summed E-state index contributed by atoms with van der Waals surface area (Å²) in [5.41, 5.74) is 1.89. The summed E-state index contributed by atoms with van der Waals surface area (Å²) in [4.78, 5) is 18.5. The number of aliphatic imine (C=N–C) groups is 1. The number of hydrogen-bond acceptors (Lipinski definition) is 2. The van der Waals surface area contributed by atoms with Crippen LogP contribution < -0.4 is 16.0 Å². The lowest BCUT2D eigenvalue weighted by molar-refractivity contribution is 0.222. The molecule has 126 valence electrons. The second-order valence-electron chi connectivity index (χ2n) is 5.55. The van der Waals surface area contributed by atoms with Crippen LogP contribution >= 0.6 is 0 Å². The van der Waals surface area contributed by atoms with Crippen LogP contribution in [0.15, 0.2) is 29.3 Å². The van der Waals surface area contributed by atoms with Crippen molar-refractivity contribution >= 4 is 17.7 Å². The fourth-order valence-electron chi connectivity index (χ4n) is 2.55. The number of guanidine groups is 1. The lowest BCUT2D eigenvalue weighted by Gasteiger charge is -2.16. The molecule has 0 unspecified atom stereocenters. The Kier molecular flexibility index (Phi) is 6.72. The SMILES string of the molecule is CCNC(=NCc1cccc(NC(=O)N2CCCC2)c1)NCC. The highest BCUT2D eigenvalue weighted by molar-refractivity contribution is 5.89. The molecule has 1 saturated heterocycles. The fourth-order valence-corrected chi connectivity index (χ4v) is 2.55. The molecule has 3 N–H and O–H groups in total. The lowest BCUT2D eigenvalue weighted by atomic mass is 10.2. The van der Waals surface area contributed by atoms with Crippen LogP contribution in [-0.4, -0.2) is 43.1 Å². The average molecular weight is 317 g/mol. The molecular weight excluding hydrogens is 290 g/mol. The van der Waals surface area contributed by atoms with Crippen LogP contribution in [0.1, 0.15) is 32.3 Å². The van der Waals surface area contributed by atoms with Gasteiger partial charge in [0, 0.05) is 31.9 Å². The molecule has 0 atom stereocenters. The van der Waals surface area contributed by atoms with Crippen molar-refractivity contribution in [3.8, 4) is 0 Å². The van der Waals surface area contributed by atoms with Crippen molar-refractivity contribution in [2.45, 2.75) is 33.2 Å². The smallest absolute Gasteiger partial charge is 0.321 e. The molecule has 6 heteroatoms. The Bertz CT molecular complexity index is 530. The molecule has 0 saturated carbocycles. The number of hydrogen-bond donors (Lipinski definition) is 3. The number of nitrogens with zero attached hydrogens (tertiary/aromatic N) is 2. The number of carbonyl (C=O) groups excluding carboxylic acids is 1. The van der Waals surface area contributed by atoms with E-state index in [9.17, 15) is 4.79 Å². The molecular formula is C17H27N5O. The second-order valence-corrected chi connectivity index (χ2v) is 5.55. The summed E-state index contributed by atoms with van der Waals surface area (Å²) < 4.78 is 0. The number of anilines is 1. The van der Waals surface area contributed by atoms with Gasteiger partial charge < -0.3 is 20.9 Å². The van der Waals surface area contributed by atoms with E-state index in [1.807, 2.05) is 43.0 Å². The van der Waals surface area contributed by atoms with Crippen molar-refractivity contribution in [1.82, 2.24) is 15.5 Å². The second kappa shape index (κ2) is 9.02. The molecule has 1 fully saturated rings. The van der Waals surface area contributed by atoms with Crippen molar-refractivity contribution in [2.24, 2.45) is 4.99 Å². The van der Waals surface area contributed by atoms with Gasteiger partial charge in [0.2, 0.25) is 0 Å². The summed E-state index contributed by atoms with van der Waals surface area (Å²) in [5, 5.41) is 9.37. The summed E-state index contributed by atoms with van der Waals surface area (Å²) in [6.45, 7) is 8.02. The number of benzene rings is 1. The number of amides is 2. The van der Waals surface area contributed by atoms with Crippen LogP contribution in [0.2, 0.25) is 0 Å². The molecule has 0 spiro atoms. The third-order valence-corrected chi connectivity index (χ3v) is 3.68. The van der Waals surface area contributed by atoms with Gasteiger partial charge in [0.1, 0.15) is 0 Å². The quantitative estimate of drug-likeness (QED) is 0.577. The van der Waals surface area contributed by atoms with E-state index in [0.29, 0.717) is 6.54 Å². The van der Waals surface area contributed by atoms with E-state index in [-0.39, 0.29) is 6.03 Å². The largest absolute Gasteiger partial charge is 0.357 e. The zero-order valence-electron chi connectivity index (χ0n) is 14.1. The van der Waals surface area contributed by atoms with E-state index in [1.54, 1.807) is 0 Å². The van der Waals surface area contributed by atoms with Crippen LogP contribution in [0.3, 0.4) is 0 Å². The van der Waals surface area contributed by atoms with Gasteiger partial charge in [0.25, 0.3) is 0 Å². The number of likely N-dealkylation sites (tertiary alicyclic amines) is 1. The molecule has 1 aromatic rings. The van der Waals surface area contributed by atoms with Gasteiger partial charge in [-0.2, -0.15) is 0 Å². The minimum atomic E-state index is -0.0101. The Labute approximate surface area is 138 Å². The van der Waals surface area contributed by atoms with Crippen molar-refractivity contribution in [3.63, 3.8) is 0 Å². The van der Waals surface area contributed by atoms with Crippen molar-refractivity contribution in [1.29, 1.82) is 0 Å². The fraction of sp³-hybridized carbons (Fsp3) is 0.529. The van der Waals surface area contributed by atoms with Gasteiger partial charge in [0.15, 0.2) is 5.96 Å². The molecule has 0 aliphatic carbocycles. The summed E-state index contributed by atoms with van der Waals surface area (Å²) in [6, 6.07) is 7.85. The molecule has 0 bridgehead atoms. The topological polar surface area (TPSA) is 68.8 Å². The van der Waals surface area contributed by atoms with Gasteiger partial charge in [0.05, 0.1) is 6.54 Å². The Morgan fingerprint density at radius 2 is 1.87 bits per heavy atom. The molecule has 2 amide bonds. The first kappa shape index (κ1) is 17.1. The third-order valence-electron chi connectivity index (χ3n) is 3.68. The van der Waals surface area contributed by atoms with Gasteiger partial charge in [-0.1, -0.05) is 12.1 Å². The van der Waals surface area contributed by atoms with E-state index in [1.165, 1.54) is 0 Å². The van der Waals surface area contributed by atoms with Gasteiger partial charge in [-0.05, 0) is 44.4 Å². The molecule has 1 heterocycles. The summed E-state index contributed by atoms with van der Waals surface area (Å²) in [6.07, 6.45) is 2.19. The van der Waals surface area contributed by atoms with Gasteiger partial charge >= 0.3 is 6.03 Å². The molecule has 0 aromatic heterocycles. The Morgan fingerprint density at radius 1 is 1.17 bits per heavy atom. The van der Waals surface area contributed by atoms with Gasteiger partial charge in [-0.3, -0.25) is 0 Å². The minimum absolute atomic E-state index is 0.0101. The molecule has 0 radical (unpaired) electrons. The highest BCUT2D eigenvalue weighted by atomic mass is 16.2. The summed E-state index contributed by atoms with van der Waals surface area (Å²) >= 11 is 0. The Hall–Kier alpha value is -2.24. The predicted octanol–water partition coefficient (Wildman–Crippen LogP) is 2.39. The van der Waals surface area contributed by atoms with Crippen LogP contribution in [0, 0.1) is 0 Å². The van der Waals surface area contributed by atoms with Crippen molar-refractivity contribution < 1.29 is 4.79 Å². The van der Waals surface area contributed by atoms with Gasteiger partial charge in [-0.25, -0.2) is 9.79 Å². The maximum atomic E-state index is 12.1. The summed E-state index contributed by atoms with van der Waals surface area (Å²) in [5.74, 6) is 0.807. The molecule has 1 aromatic carbocycles. The van der Waals surface area contributed by atoms with Crippen LogP contribution in [-0.2, 0) is 6.54 Å². The van der Waals surface area contributed by atoms with E-state index >= 15 is 0 Å². The third kappa shape index (κ3) is 5.47. The maximum absolute atomic E-state index is 12.1. The van der Waals surface area contributed by atoms with E-state index in [2.05, 4.69) is 20.9 Å². The molecule has 1 aliphatic rings. The van der Waals surface area contributed by atoms with Crippen LogP contribution in [0.4, 0.5) is 10.5 Å². The van der Waals surface area contributed by atoms with Crippen molar-refractivity contribution in [3.05, 3.63) is 29.8 Å². The van der Waals surface area contributed by atoms with Crippen LogP contribution in [0.25, 0.3) is 0 Å². The first-order valence-corrected chi connectivity index (χ1v) is 8.40. The first-order chi connectivity index (χ1) is 11.2. The number of urea groups is 1. The maximum Gasteiger partial charge on any atom is 0.321 e. The standard InChI is InChI=1S/C17H27N5O/c1-3-18-16(19-4-2)20-13-14-8-7-9-15(12-14)21-17(23)22-10-5-6-11-22/h7-9,12H,3-6,10-11,13H2,1-2H3,(H,21,23)(H2,18,19,20). The van der Waals surface area contributed by atoms with Crippen molar-refractivity contribution in [2.75, 3.05) is 31.5 Å². The predicted molar refractivity (Wildman–Crippen MR) is 94.8 cm³/mol. The summed E-state index contributed by atoms with van der Waals surface area (Å²) in [7, 11) is 0. The van der Waals surface area contributed by atoms with E-state index in [0.717, 1.165) is 56.2 Å². The zero-order valence-corrected chi connectivity index (χ0v) is 14.1. The minimum Gasteiger partial charge on any atom is -0.357 e. The van der Waals surface area contributed by atoms with E-state index < -0.39 is 0 Å². The highest BCUT2D eigenvalue weighted by Gasteiger charge is 2.17. The molecule has 1 aliphatic heterocycles. The Balaban J connectivity index is 1.95. The van der Waals surface area contributed by atoms with Gasteiger partial charge in [-0.15, -0.1) is 0 Å². The molecule has 23 heavy (non-hydrogen) atoms. The zero-order chi connectivity index (χ0) is 16.5. The molecule has 6 nitrogen and oxygen atoms in total. The number of rotatable bonds is 5. The van der Waals surface area contributed by atoms with Crippen LogP contribution in [0.5, 0.6) is 0 Å². The lowest BCUT2D eigenvalue weighted by Crippen LogP contribution is -2.36. The normalized spacial score (nSPS) is 13.6. The highest BCUT2D eigenvalue weighted by Crippen LogP contribution is 2.14.